The molecule has 8 N–H and O–H groups in total. The molecular weight excluding hydrogens is 600 g/mol. The summed E-state index contributed by atoms with van der Waals surface area (Å²) in [6.07, 6.45) is -12.4. The number of aliphatic hydroxyl groups is 5. The normalized spacial score (nSPS) is 32.0. The number of phenols is 3. The third kappa shape index (κ3) is 8.21. The predicted molar refractivity (Wildman–Crippen MR) is 152 cm³/mol. The van der Waals surface area contributed by atoms with Gasteiger partial charge in [-0.15, -0.1) is 0 Å². The second-order valence-electron chi connectivity index (χ2n) is 10.6. The Bertz CT molecular complexity index is 1320. The Morgan fingerprint density at radius 2 is 1.62 bits per heavy atom. The zero-order valence-electron chi connectivity index (χ0n) is 24.4. The number of aromatic hydroxyl groups is 3. The zero-order valence-corrected chi connectivity index (χ0v) is 24.4. The van der Waals surface area contributed by atoms with Crippen molar-refractivity contribution >= 4 is 12.0 Å². The smallest absolute Gasteiger partial charge is 0.331 e. The van der Waals surface area contributed by atoms with E-state index in [9.17, 15) is 45.6 Å². The van der Waals surface area contributed by atoms with Gasteiger partial charge < -0.3 is 69.3 Å². The summed E-state index contributed by atoms with van der Waals surface area (Å²) < 4.78 is 33.4. The molecule has 2 aliphatic heterocycles. The van der Waals surface area contributed by atoms with Gasteiger partial charge in [0.25, 0.3) is 0 Å². The van der Waals surface area contributed by atoms with Gasteiger partial charge in [0.2, 0.25) is 0 Å². The molecule has 15 nitrogen and oxygen atoms in total. The molecule has 0 bridgehead atoms. The van der Waals surface area contributed by atoms with Crippen LogP contribution in [0.1, 0.15) is 18.1 Å². The molecule has 0 unspecified atom stereocenters. The van der Waals surface area contributed by atoms with Gasteiger partial charge in [-0.2, -0.15) is 0 Å². The van der Waals surface area contributed by atoms with Gasteiger partial charge in [-0.25, -0.2) is 4.79 Å². The summed E-state index contributed by atoms with van der Waals surface area (Å²) >= 11 is 0. The third-order valence-electron chi connectivity index (χ3n) is 7.47. The Hall–Kier alpha value is -3.51. The van der Waals surface area contributed by atoms with Crippen LogP contribution in [0.2, 0.25) is 0 Å². The lowest BCUT2D eigenvalue weighted by Crippen LogP contribution is -2.65. The number of carbonyl (C=O) groups excluding carboxylic acids is 1. The molecule has 2 aromatic rings. The van der Waals surface area contributed by atoms with Crippen LogP contribution in [0, 0.1) is 0 Å². The van der Waals surface area contributed by atoms with E-state index in [2.05, 4.69) is 0 Å². The Morgan fingerprint density at radius 3 is 2.29 bits per heavy atom. The Balaban J connectivity index is 1.52. The summed E-state index contributed by atoms with van der Waals surface area (Å²) in [7, 11) is 1.42. The van der Waals surface area contributed by atoms with E-state index >= 15 is 0 Å². The van der Waals surface area contributed by atoms with Crippen molar-refractivity contribution in [2.45, 2.75) is 74.8 Å². The highest BCUT2D eigenvalue weighted by Gasteiger charge is 2.52. The fourth-order valence-corrected chi connectivity index (χ4v) is 4.92. The molecule has 0 saturated carbocycles. The maximum Gasteiger partial charge on any atom is 0.331 e. The minimum atomic E-state index is -1.76. The van der Waals surface area contributed by atoms with E-state index in [1.807, 2.05) is 0 Å². The van der Waals surface area contributed by atoms with Crippen LogP contribution < -0.4 is 4.74 Å². The fraction of sp³-hybridized carbons (Fsp3) is 0.500. The van der Waals surface area contributed by atoms with Gasteiger partial charge in [-0.3, -0.25) is 0 Å². The number of rotatable bonds is 11. The number of carbonyl (C=O) groups is 1. The van der Waals surface area contributed by atoms with Crippen LogP contribution in [0.15, 0.2) is 42.5 Å². The summed E-state index contributed by atoms with van der Waals surface area (Å²) in [4.78, 5) is 12.8. The first kappa shape index (κ1) is 34.4. The Labute approximate surface area is 258 Å². The molecule has 0 radical (unpaired) electrons. The molecule has 2 heterocycles. The molecule has 2 aliphatic rings. The maximum atomic E-state index is 12.8. The minimum absolute atomic E-state index is 0.0322. The van der Waals surface area contributed by atoms with Crippen molar-refractivity contribution in [1.29, 1.82) is 0 Å². The summed E-state index contributed by atoms with van der Waals surface area (Å²) in [5.41, 5.74) is 1.01. The van der Waals surface area contributed by atoms with E-state index in [4.69, 9.17) is 28.4 Å². The van der Waals surface area contributed by atoms with Crippen molar-refractivity contribution in [2.75, 3.05) is 20.3 Å². The molecule has 2 saturated heterocycles. The first-order valence-corrected chi connectivity index (χ1v) is 14.1. The number of hydrogen-bond acceptors (Lipinski definition) is 15. The maximum absolute atomic E-state index is 12.8. The summed E-state index contributed by atoms with van der Waals surface area (Å²) in [6, 6.07) is 8.60. The fourth-order valence-electron chi connectivity index (χ4n) is 4.92. The second-order valence-corrected chi connectivity index (χ2v) is 10.6. The molecule has 0 aromatic heterocycles. The van der Waals surface area contributed by atoms with Crippen LogP contribution in [-0.4, -0.2) is 129 Å². The van der Waals surface area contributed by atoms with Crippen molar-refractivity contribution in [3.63, 3.8) is 0 Å². The highest BCUT2D eigenvalue weighted by molar-refractivity contribution is 5.87. The Morgan fingerprint density at radius 1 is 0.867 bits per heavy atom. The van der Waals surface area contributed by atoms with E-state index in [0.29, 0.717) is 11.1 Å². The monoisotopic (exact) mass is 638 g/mol. The van der Waals surface area contributed by atoms with Crippen LogP contribution in [0.4, 0.5) is 0 Å². The molecular formula is C30H38O15. The molecule has 248 valence electrons. The van der Waals surface area contributed by atoms with E-state index < -0.39 is 79.7 Å². The molecule has 4 rings (SSSR count). The van der Waals surface area contributed by atoms with Gasteiger partial charge in [0, 0.05) is 6.08 Å². The van der Waals surface area contributed by atoms with Crippen LogP contribution in [0.3, 0.4) is 0 Å². The minimum Gasteiger partial charge on any atom is -0.504 e. The average molecular weight is 639 g/mol. The average Bonchev–Trinajstić information content (AvgIpc) is 3.02. The van der Waals surface area contributed by atoms with Crippen molar-refractivity contribution < 1.29 is 74.1 Å². The number of benzene rings is 2. The first-order valence-electron chi connectivity index (χ1n) is 14.1. The SMILES string of the molecule is COc1ccc(CCO[C@@H]2O[C@H](CO)[C@@H](OC(=O)/C=C/c3ccc(O)c(O)c3)[C@H](O[C@@H]3O[C@@H](C)[C@H](O)[C@@H](O)[C@H]3O)[C@H]2O)cc1O. The lowest BCUT2D eigenvalue weighted by molar-refractivity contribution is -0.357. The van der Waals surface area contributed by atoms with E-state index in [-0.39, 0.29) is 30.3 Å². The van der Waals surface area contributed by atoms with Crippen LogP contribution in [0.5, 0.6) is 23.0 Å². The van der Waals surface area contributed by atoms with Crippen LogP contribution in [-0.2, 0) is 34.9 Å². The molecule has 15 heteroatoms. The van der Waals surface area contributed by atoms with Gasteiger partial charge in [0.15, 0.2) is 41.7 Å². The highest BCUT2D eigenvalue weighted by atomic mass is 16.7. The highest BCUT2D eigenvalue weighted by Crippen LogP contribution is 2.32. The van der Waals surface area contributed by atoms with Crippen molar-refractivity contribution in [2.24, 2.45) is 0 Å². The molecule has 0 aliphatic carbocycles. The number of aliphatic hydroxyl groups excluding tert-OH is 5. The largest absolute Gasteiger partial charge is 0.504 e. The van der Waals surface area contributed by atoms with Crippen molar-refractivity contribution in [3.05, 3.63) is 53.6 Å². The first-order chi connectivity index (χ1) is 21.4. The zero-order chi connectivity index (χ0) is 32.8. The number of phenolic OH excluding ortho intramolecular Hbond substituents is 3. The quantitative estimate of drug-likeness (QED) is 0.0862. The Kier molecular flexibility index (Phi) is 11.6. The summed E-state index contributed by atoms with van der Waals surface area (Å²) in [5, 5.41) is 81.5. The van der Waals surface area contributed by atoms with Gasteiger partial charge in [0.05, 0.1) is 26.4 Å². The molecule has 45 heavy (non-hydrogen) atoms. The number of ether oxygens (including phenoxy) is 6. The molecule has 2 fully saturated rings. The van der Waals surface area contributed by atoms with Crippen molar-refractivity contribution in [1.82, 2.24) is 0 Å². The predicted octanol–water partition coefficient (Wildman–Crippen LogP) is -0.713. The third-order valence-corrected chi connectivity index (χ3v) is 7.47. The standard InChI is InChI=1S/C30H38O15/c1-14-23(36)24(37)25(38)30(42-14)45-28-26(39)29(41-10-9-16-4-7-20(40-2)19(34)12-16)43-21(13-31)27(28)44-22(35)8-5-15-3-6-17(32)18(33)11-15/h3-8,11-12,14,21,23-34,36-39H,9-10,13H2,1-2H3/b8-5+/t14-,21+,23-,24+,25+,26+,27+,28+,29+,30-/m0/s1. The van der Waals surface area contributed by atoms with E-state index in [0.717, 1.165) is 6.08 Å². The van der Waals surface area contributed by atoms with Crippen LogP contribution >= 0.6 is 0 Å². The molecule has 0 spiro atoms. The molecule has 2 aromatic carbocycles. The van der Waals surface area contributed by atoms with Gasteiger partial charge in [-0.05, 0) is 54.8 Å². The van der Waals surface area contributed by atoms with Gasteiger partial charge >= 0.3 is 5.97 Å². The van der Waals surface area contributed by atoms with Crippen molar-refractivity contribution in [3.8, 4) is 23.0 Å². The lowest BCUT2D eigenvalue weighted by atomic mass is 9.97. The molecule has 0 amide bonds. The lowest BCUT2D eigenvalue weighted by Gasteiger charge is -2.46. The molecule has 10 atom stereocenters. The van der Waals surface area contributed by atoms with Gasteiger partial charge in [0.1, 0.15) is 36.6 Å². The van der Waals surface area contributed by atoms with E-state index in [1.54, 1.807) is 12.1 Å². The van der Waals surface area contributed by atoms with E-state index in [1.165, 1.54) is 44.4 Å². The van der Waals surface area contributed by atoms with Gasteiger partial charge in [-0.1, -0.05) is 12.1 Å². The number of esters is 1. The number of methoxy groups -OCH3 is 1. The second kappa shape index (κ2) is 15.2. The topological polar surface area (TPSA) is 234 Å². The number of hydrogen-bond donors (Lipinski definition) is 8. The summed E-state index contributed by atoms with van der Waals surface area (Å²) in [5.74, 6) is -1.53. The summed E-state index contributed by atoms with van der Waals surface area (Å²) in [6.45, 7) is 0.674. The van der Waals surface area contributed by atoms with Crippen LogP contribution in [0.25, 0.3) is 6.08 Å².